The highest BCUT2D eigenvalue weighted by Gasteiger charge is 2.34. The Kier molecular flexibility index (Phi) is 5.00. The minimum atomic E-state index is -4.68. The average Bonchev–Trinajstić information content (AvgIpc) is 3.01. The summed E-state index contributed by atoms with van der Waals surface area (Å²) in [5, 5.41) is 8.58. The minimum absolute atomic E-state index is 0.0985. The molecular weight excluding hydrogens is 387 g/mol. The first-order chi connectivity index (χ1) is 12.7. The smallest absolute Gasteiger partial charge is 0.360 e. The Hall–Kier alpha value is -3.14. The number of benzene rings is 1. The first-order valence-corrected chi connectivity index (χ1v) is 7.80. The monoisotopic (exact) mass is 397 g/mol. The number of carbonyl (C=O) groups is 1. The molecule has 0 saturated carbocycles. The van der Waals surface area contributed by atoms with Crippen LogP contribution in [0.15, 0.2) is 41.2 Å². The molecule has 0 bridgehead atoms. The van der Waals surface area contributed by atoms with E-state index in [2.05, 4.69) is 25.8 Å². The van der Waals surface area contributed by atoms with Crippen molar-refractivity contribution in [3.05, 3.63) is 58.7 Å². The summed E-state index contributed by atoms with van der Waals surface area (Å²) < 4.78 is 44.1. The molecule has 0 aliphatic rings. The second-order valence-electron chi connectivity index (χ2n) is 5.38. The van der Waals surface area contributed by atoms with Crippen molar-refractivity contribution in [2.24, 2.45) is 0 Å². The van der Waals surface area contributed by atoms with Crippen molar-refractivity contribution >= 4 is 34.8 Å². The van der Waals surface area contributed by atoms with Gasteiger partial charge in [-0.25, -0.2) is 9.97 Å². The number of aryl methyl sites for hydroxylation is 1. The summed E-state index contributed by atoms with van der Waals surface area (Å²) in [5.74, 6) is 0.418. The molecule has 140 valence electrons. The van der Waals surface area contributed by atoms with E-state index < -0.39 is 23.3 Å². The van der Waals surface area contributed by atoms with Crippen molar-refractivity contribution in [3.63, 3.8) is 0 Å². The second kappa shape index (κ2) is 7.23. The molecule has 0 unspecified atom stereocenters. The highest BCUT2D eigenvalue weighted by Crippen LogP contribution is 2.36. The second-order valence-corrected chi connectivity index (χ2v) is 5.81. The molecule has 0 fully saturated rings. The van der Waals surface area contributed by atoms with Crippen LogP contribution < -0.4 is 10.6 Å². The molecule has 0 atom stereocenters. The molecule has 2 N–H and O–H groups in total. The van der Waals surface area contributed by atoms with Gasteiger partial charge in [0.15, 0.2) is 5.82 Å². The molecule has 2 aromatic heterocycles. The van der Waals surface area contributed by atoms with Crippen molar-refractivity contribution in [2.45, 2.75) is 13.1 Å². The zero-order valence-corrected chi connectivity index (χ0v) is 14.4. The fraction of sp³-hybridized carbons (Fsp3) is 0.125. The first-order valence-electron chi connectivity index (χ1n) is 7.43. The number of alkyl halides is 3. The number of aromatic nitrogens is 3. The predicted octanol–water partition coefficient (Wildman–Crippen LogP) is 4.44. The standard InChI is InChI=1S/C16H11ClF3N5O2/c1-8-4-13(25-27-8)24-14-7-21-12(6-22-14)15(26)23-11-3-2-9(17)5-10(11)16(18,19)20/h2-7H,1H3,(H,23,26)(H,22,24,25). The molecule has 0 spiro atoms. The number of nitrogens with one attached hydrogen (secondary N) is 2. The Labute approximate surface area is 155 Å². The van der Waals surface area contributed by atoms with Crippen LogP contribution in [0.3, 0.4) is 0 Å². The maximum absolute atomic E-state index is 13.1. The molecule has 3 aromatic rings. The molecule has 2 heterocycles. The van der Waals surface area contributed by atoms with E-state index in [1.807, 2.05) is 0 Å². The molecule has 1 amide bonds. The number of rotatable bonds is 4. The molecule has 0 aliphatic heterocycles. The number of hydrogen-bond donors (Lipinski definition) is 2. The van der Waals surface area contributed by atoms with E-state index in [9.17, 15) is 18.0 Å². The van der Waals surface area contributed by atoms with Crippen LogP contribution in [-0.2, 0) is 6.18 Å². The first kappa shape index (κ1) is 18.6. The number of carbonyl (C=O) groups excluding carboxylic acids is 1. The highest BCUT2D eigenvalue weighted by molar-refractivity contribution is 6.30. The van der Waals surface area contributed by atoms with E-state index in [1.54, 1.807) is 13.0 Å². The van der Waals surface area contributed by atoms with E-state index in [0.29, 0.717) is 11.6 Å². The molecule has 7 nitrogen and oxygen atoms in total. The van der Waals surface area contributed by atoms with Crippen molar-refractivity contribution in [1.82, 2.24) is 15.1 Å². The van der Waals surface area contributed by atoms with Gasteiger partial charge in [0.2, 0.25) is 0 Å². The summed E-state index contributed by atoms with van der Waals surface area (Å²) in [7, 11) is 0. The van der Waals surface area contributed by atoms with Gasteiger partial charge in [-0.3, -0.25) is 4.79 Å². The number of hydrogen-bond acceptors (Lipinski definition) is 6. The van der Waals surface area contributed by atoms with Gasteiger partial charge in [0, 0.05) is 11.1 Å². The zero-order chi connectivity index (χ0) is 19.6. The van der Waals surface area contributed by atoms with E-state index in [-0.39, 0.29) is 16.5 Å². The van der Waals surface area contributed by atoms with Crippen molar-refractivity contribution in [2.75, 3.05) is 10.6 Å². The molecule has 0 saturated heterocycles. The third kappa shape index (κ3) is 4.53. The Morgan fingerprint density at radius 1 is 1.15 bits per heavy atom. The molecule has 11 heteroatoms. The third-order valence-electron chi connectivity index (χ3n) is 3.30. The van der Waals surface area contributed by atoms with Gasteiger partial charge < -0.3 is 15.2 Å². The van der Waals surface area contributed by atoms with E-state index in [4.69, 9.17) is 16.1 Å². The maximum Gasteiger partial charge on any atom is 0.418 e. The van der Waals surface area contributed by atoms with Crippen molar-refractivity contribution < 1.29 is 22.5 Å². The van der Waals surface area contributed by atoms with Crippen LogP contribution in [0, 0.1) is 6.92 Å². The SMILES string of the molecule is Cc1cc(Nc2cnc(C(=O)Nc3ccc(Cl)cc3C(F)(F)F)cn2)no1. The third-order valence-corrected chi connectivity index (χ3v) is 3.54. The van der Waals surface area contributed by atoms with Gasteiger partial charge in [0.25, 0.3) is 5.91 Å². The van der Waals surface area contributed by atoms with Gasteiger partial charge >= 0.3 is 6.18 Å². The Bertz CT molecular complexity index is 973. The van der Waals surface area contributed by atoms with E-state index >= 15 is 0 Å². The van der Waals surface area contributed by atoms with Gasteiger partial charge in [-0.05, 0) is 25.1 Å². The number of anilines is 3. The summed E-state index contributed by atoms with van der Waals surface area (Å²) in [4.78, 5) is 20.0. The van der Waals surface area contributed by atoms with Crippen LogP contribution >= 0.6 is 11.6 Å². The fourth-order valence-corrected chi connectivity index (χ4v) is 2.28. The van der Waals surface area contributed by atoms with Gasteiger partial charge in [0.05, 0.1) is 23.6 Å². The van der Waals surface area contributed by atoms with Gasteiger partial charge in [0.1, 0.15) is 17.3 Å². The maximum atomic E-state index is 13.1. The minimum Gasteiger partial charge on any atom is -0.360 e. The molecule has 1 aromatic carbocycles. The van der Waals surface area contributed by atoms with Gasteiger partial charge in [-0.15, -0.1) is 0 Å². The van der Waals surface area contributed by atoms with Crippen LogP contribution in [0.2, 0.25) is 5.02 Å². The Morgan fingerprint density at radius 2 is 1.93 bits per heavy atom. The van der Waals surface area contributed by atoms with Crippen molar-refractivity contribution in [3.8, 4) is 0 Å². The van der Waals surface area contributed by atoms with Crippen LogP contribution in [-0.4, -0.2) is 21.0 Å². The Balaban J connectivity index is 1.75. The summed E-state index contributed by atoms with van der Waals surface area (Å²) in [6, 6.07) is 4.67. The lowest BCUT2D eigenvalue weighted by atomic mass is 10.1. The summed E-state index contributed by atoms with van der Waals surface area (Å²) >= 11 is 5.61. The summed E-state index contributed by atoms with van der Waals surface area (Å²) in [5.41, 5.74) is -1.66. The molecular formula is C16H11ClF3N5O2. The topological polar surface area (TPSA) is 92.9 Å². The van der Waals surface area contributed by atoms with E-state index in [0.717, 1.165) is 18.3 Å². The van der Waals surface area contributed by atoms with Gasteiger partial charge in [-0.1, -0.05) is 16.8 Å². The Morgan fingerprint density at radius 3 is 2.52 bits per heavy atom. The van der Waals surface area contributed by atoms with E-state index in [1.165, 1.54) is 12.3 Å². The predicted molar refractivity (Wildman–Crippen MR) is 91.0 cm³/mol. The lowest BCUT2D eigenvalue weighted by Crippen LogP contribution is -2.18. The fourth-order valence-electron chi connectivity index (χ4n) is 2.11. The largest absolute Gasteiger partial charge is 0.418 e. The molecule has 0 radical (unpaired) electrons. The number of amides is 1. The number of halogens is 4. The van der Waals surface area contributed by atoms with Crippen LogP contribution in [0.25, 0.3) is 0 Å². The lowest BCUT2D eigenvalue weighted by Gasteiger charge is -2.14. The van der Waals surface area contributed by atoms with Gasteiger partial charge in [-0.2, -0.15) is 13.2 Å². The summed E-state index contributed by atoms with van der Waals surface area (Å²) in [6.07, 6.45) is -2.32. The average molecular weight is 398 g/mol. The molecule has 3 rings (SSSR count). The lowest BCUT2D eigenvalue weighted by molar-refractivity contribution is -0.136. The zero-order valence-electron chi connectivity index (χ0n) is 13.6. The quantitative estimate of drug-likeness (QED) is 0.676. The molecule has 0 aliphatic carbocycles. The number of nitrogens with zero attached hydrogens (tertiary/aromatic N) is 3. The van der Waals surface area contributed by atoms with Crippen LogP contribution in [0.1, 0.15) is 21.8 Å². The highest BCUT2D eigenvalue weighted by atomic mass is 35.5. The molecule has 27 heavy (non-hydrogen) atoms. The van der Waals surface area contributed by atoms with Crippen LogP contribution in [0.5, 0.6) is 0 Å². The normalized spacial score (nSPS) is 11.3. The van der Waals surface area contributed by atoms with Crippen molar-refractivity contribution in [1.29, 1.82) is 0 Å². The summed E-state index contributed by atoms with van der Waals surface area (Å²) in [6.45, 7) is 1.71. The van der Waals surface area contributed by atoms with Crippen LogP contribution in [0.4, 0.5) is 30.5 Å².